The molecular weight excluding hydrogens is 258 g/mol. The van der Waals surface area contributed by atoms with E-state index in [0.29, 0.717) is 6.42 Å². The van der Waals surface area contributed by atoms with Gasteiger partial charge in [0.05, 0.1) is 5.38 Å². The summed E-state index contributed by atoms with van der Waals surface area (Å²) in [7, 11) is 0. The molecule has 1 aromatic carbocycles. The first-order valence-corrected chi connectivity index (χ1v) is 7.58. The average molecular weight is 280 g/mol. The Morgan fingerprint density at radius 3 is 2.79 bits per heavy atom. The van der Waals surface area contributed by atoms with E-state index in [9.17, 15) is 4.79 Å². The van der Waals surface area contributed by atoms with E-state index in [1.54, 1.807) is 0 Å². The monoisotopic (exact) mass is 279 g/mol. The summed E-state index contributed by atoms with van der Waals surface area (Å²) >= 11 is 6.25. The van der Waals surface area contributed by atoms with Crippen molar-refractivity contribution in [1.82, 2.24) is 5.32 Å². The highest BCUT2D eigenvalue weighted by molar-refractivity contribution is 6.21. The van der Waals surface area contributed by atoms with Crippen LogP contribution in [0.3, 0.4) is 0 Å². The quantitative estimate of drug-likeness (QED) is 0.839. The van der Waals surface area contributed by atoms with Gasteiger partial charge in [0.15, 0.2) is 0 Å². The van der Waals surface area contributed by atoms with Crippen molar-refractivity contribution in [2.75, 3.05) is 0 Å². The molecule has 104 valence electrons. The van der Waals surface area contributed by atoms with Gasteiger partial charge >= 0.3 is 0 Å². The Hall–Kier alpha value is -1.02. The SMILES string of the molecule is Cc1ccccc1CCC(=O)NC1CCCCC1Cl. The summed E-state index contributed by atoms with van der Waals surface area (Å²) in [5.74, 6) is 0.126. The second-order valence-electron chi connectivity index (χ2n) is 5.40. The lowest BCUT2D eigenvalue weighted by Gasteiger charge is -2.27. The molecule has 1 aliphatic rings. The van der Waals surface area contributed by atoms with Gasteiger partial charge in [-0.3, -0.25) is 4.79 Å². The standard InChI is InChI=1S/C16H22ClNO/c1-12-6-2-3-7-13(12)10-11-16(19)18-15-9-5-4-8-14(15)17/h2-3,6-7,14-15H,4-5,8-11H2,1H3,(H,18,19). The summed E-state index contributed by atoms with van der Waals surface area (Å²) in [5.41, 5.74) is 2.51. The van der Waals surface area contributed by atoms with Crippen LogP contribution in [0.2, 0.25) is 0 Å². The fraction of sp³-hybridized carbons (Fsp3) is 0.562. The lowest BCUT2D eigenvalue weighted by Crippen LogP contribution is -2.42. The highest BCUT2D eigenvalue weighted by Crippen LogP contribution is 2.23. The molecule has 19 heavy (non-hydrogen) atoms. The van der Waals surface area contributed by atoms with Crippen molar-refractivity contribution in [3.63, 3.8) is 0 Å². The van der Waals surface area contributed by atoms with Gasteiger partial charge < -0.3 is 5.32 Å². The van der Waals surface area contributed by atoms with Crippen LogP contribution >= 0.6 is 11.6 Å². The molecule has 0 radical (unpaired) electrons. The summed E-state index contributed by atoms with van der Waals surface area (Å²) in [6, 6.07) is 8.39. The van der Waals surface area contributed by atoms with Crippen molar-refractivity contribution in [3.05, 3.63) is 35.4 Å². The maximum Gasteiger partial charge on any atom is 0.220 e. The largest absolute Gasteiger partial charge is 0.352 e. The normalized spacial score (nSPS) is 23.1. The molecule has 0 heterocycles. The first kappa shape index (κ1) is 14.4. The van der Waals surface area contributed by atoms with E-state index in [1.807, 2.05) is 12.1 Å². The fourth-order valence-corrected chi connectivity index (χ4v) is 3.01. The number of carbonyl (C=O) groups excluding carboxylic acids is 1. The molecule has 3 heteroatoms. The molecule has 1 amide bonds. The van der Waals surface area contributed by atoms with E-state index in [-0.39, 0.29) is 17.3 Å². The Kier molecular flexibility index (Phi) is 5.26. The third-order valence-electron chi connectivity index (χ3n) is 3.91. The summed E-state index contributed by atoms with van der Waals surface area (Å²) in [5, 5.41) is 3.20. The maximum absolute atomic E-state index is 12.0. The number of carbonyl (C=O) groups is 1. The predicted octanol–water partition coefficient (Wildman–Crippen LogP) is 3.59. The molecule has 1 N–H and O–H groups in total. The average Bonchev–Trinajstić information content (AvgIpc) is 2.40. The van der Waals surface area contributed by atoms with Crippen molar-refractivity contribution in [1.29, 1.82) is 0 Å². The summed E-state index contributed by atoms with van der Waals surface area (Å²) in [6.45, 7) is 2.09. The van der Waals surface area contributed by atoms with Crippen LogP contribution in [-0.4, -0.2) is 17.3 Å². The van der Waals surface area contributed by atoms with Crippen LogP contribution in [0.5, 0.6) is 0 Å². The molecule has 2 rings (SSSR count). The van der Waals surface area contributed by atoms with Gasteiger partial charge in [-0.25, -0.2) is 0 Å². The second kappa shape index (κ2) is 6.95. The highest BCUT2D eigenvalue weighted by atomic mass is 35.5. The lowest BCUT2D eigenvalue weighted by molar-refractivity contribution is -0.121. The van der Waals surface area contributed by atoms with Gasteiger partial charge in [-0.15, -0.1) is 11.6 Å². The van der Waals surface area contributed by atoms with Crippen molar-refractivity contribution >= 4 is 17.5 Å². The van der Waals surface area contributed by atoms with Crippen LogP contribution < -0.4 is 5.32 Å². The lowest BCUT2D eigenvalue weighted by atomic mass is 9.94. The number of halogens is 1. The van der Waals surface area contributed by atoms with Crippen molar-refractivity contribution in [2.24, 2.45) is 0 Å². The molecule has 0 spiro atoms. The zero-order valence-corrected chi connectivity index (χ0v) is 12.2. The zero-order valence-electron chi connectivity index (χ0n) is 11.5. The Morgan fingerprint density at radius 1 is 1.32 bits per heavy atom. The number of hydrogen-bond donors (Lipinski definition) is 1. The van der Waals surface area contributed by atoms with Gasteiger partial charge in [-0.1, -0.05) is 37.1 Å². The van der Waals surface area contributed by atoms with E-state index >= 15 is 0 Å². The Balaban J connectivity index is 1.80. The molecule has 0 saturated heterocycles. The van der Waals surface area contributed by atoms with Crippen LogP contribution in [0.25, 0.3) is 0 Å². The van der Waals surface area contributed by atoms with Crippen LogP contribution in [0.4, 0.5) is 0 Å². The third-order valence-corrected chi connectivity index (χ3v) is 4.43. The van der Waals surface area contributed by atoms with Crippen molar-refractivity contribution in [3.8, 4) is 0 Å². The Bertz CT molecular complexity index is 433. The first-order chi connectivity index (χ1) is 9.16. The first-order valence-electron chi connectivity index (χ1n) is 7.15. The van der Waals surface area contributed by atoms with E-state index < -0.39 is 0 Å². The van der Waals surface area contributed by atoms with Gasteiger partial charge in [0.2, 0.25) is 5.91 Å². The van der Waals surface area contributed by atoms with Crippen molar-refractivity contribution < 1.29 is 4.79 Å². The van der Waals surface area contributed by atoms with Crippen LogP contribution in [-0.2, 0) is 11.2 Å². The second-order valence-corrected chi connectivity index (χ2v) is 5.96. The molecule has 1 aromatic rings. The highest BCUT2D eigenvalue weighted by Gasteiger charge is 2.24. The van der Waals surface area contributed by atoms with Crippen LogP contribution in [0.15, 0.2) is 24.3 Å². The molecule has 0 bridgehead atoms. The van der Waals surface area contributed by atoms with Crippen LogP contribution in [0, 0.1) is 6.92 Å². The molecular formula is C16H22ClNO. The molecule has 0 aliphatic heterocycles. The molecule has 0 aromatic heterocycles. The number of rotatable bonds is 4. The minimum absolute atomic E-state index is 0.108. The van der Waals surface area contributed by atoms with Gasteiger partial charge in [0.25, 0.3) is 0 Å². The number of hydrogen-bond acceptors (Lipinski definition) is 1. The topological polar surface area (TPSA) is 29.1 Å². The summed E-state index contributed by atoms with van der Waals surface area (Å²) < 4.78 is 0. The number of amides is 1. The molecule has 1 fully saturated rings. The summed E-state index contributed by atoms with van der Waals surface area (Å²) in [6.07, 6.45) is 5.74. The van der Waals surface area contributed by atoms with Gasteiger partial charge in [-0.05, 0) is 37.3 Å². The minimum Gasteiger partial charge on any atom is -0.352 e. The Labute approximate surface area is 120 Å². The number of nitrogens with one attached hydrogen (secondary N) is 1. The number of alkyl halides is 1. The number of benzene rings is 1. The van der Waals surface area contributed by atoms with E-state index in [2.05, 4.69) is 24.4 Å². The molecule has 2 atom stereocenters. The van der Waals surface area contributed by atoms with Gasteiger partial charge in [0, 0.05) is 12.5 Å². The number of aryl methyl sites for hydroxylation is 2. The zero-order chi connectivity index (χ0) is 13.7. The Morgan fingerprint density at radius 2 is 2.05 bits per heavy atom. The molecule has 2 nitrogen and oxygen atoms in total. The van der Waals surface area contributed by atoms with Gasteiger partial charge in [-0.2, -0.15) is 0 Å². The minimum atomic E-state index is 0.108. The van der Waals surface area contributed by atoms with Crippen LogP contribution in [0.1, 0.15) is 43.2 Å². The molecule has 1 saturated carbocycles. The fourth-order valence-electron chi connectivity index (χ4n) is 2.67. The predicted molar refractivity (Wildman–Crippen MR) is 79.5 cm³/mol. The smallest absolute Gasteiger partial charge is 0.220 e. The van der Waals surface area contributed by atoms with E-state index in [1.165, 1.54) is 24.0 Å². The third kappa shape index (κ3) is 4.24. The van der Waals surface area contributed by atoms with E-state index in [0.717, 1.165) is 19.3 Å². The van der Waals surface area contributed by atoms with Crippen molar-refractivity contribution in [2.45, 2.75) is 56.9 Å². The summed E-state index contributed by atoms with van der Waals surface area (Å²) in [4.78, 5) is 12.0. The van der Waals surface area contributed by atoms with E-state index in [4.69, 9.17) is 11.6 Å². The molecule has 1 aliphatic carbocycles. The van der Waals surface area contributed by atoms with Gasteiger partial charge in [0.1, 0.15) is 0 Å². The molecule has 2 unspecified atom stereocenters. The maximum atomic E-state index is 12.0.